The highest BCUT2D eigenvalue weighted by atomic mass is 15.1. The summed E-state index contributed by atoms with van der Waals surface area (Å²) in [5.41, 5.74) is 21.4. The van der Waals surface area contributed by atoms with Crippen molar-refractivity contribution in [3.05, 3.63) is 306 Å². The van der Waals surface area contributed by atoms with Gasteiger partial charge in [-0.1, -0.05) is 231 Å². The molecule has 11 aromatic carbocycles. The summed E-state index contributed by atoms with van der Waals surface area (Å²) in [6, 6.07) is 99.0. The molecule has 0 saturated carbocycles. The second-order valence-electron chi connectivity index (χ2n) is 18.5. The van der Waals surface area contributed by atoms with Crippen LogP contribution in [0.25, 0.3) is 55.3 Å². The van der Waals surface area contributed by atoms with E-state index in [4.69, 9.17) is 0 Å². The molecule has 0 aliphatic heterocycles. The molecule has 0 spiro atoms. The third kappa shape index (κ3) is 5.95. The van der Waals surface area contributed by atoms with Gasteiger partial charge in [0, 0.05) is 22.4 Å². The highest BCUT2D eigenvalue weighted by Crippen LogP contribution is 2.60. The maximum Gasteiger partial charge on any atom is 0.0714 e. The van der Waals surface area contributed by atoms with Gasteiger partial charge in [-0.05, 0) is 132 Å². The topological polar surface area (TPSA) is 3.24 Å². The molecule has 0 N–H and O–H groups in total. The van der Waals surface area contributed by atoms with E-state index in [2.05, 4.69) is 279 Å². The quantitative estimate of drug-likeness (QED) is 0.147. The predicted octanol–water partition coefficient (Wildman–Crippen LogP) is 17.3. The molecule has 0 fully saturated rings. The Morgan fingerprint density at radius 3 is 1.59 bits per heavy atom. The van der Waals surface area contributed by atoms with Gasteiger partial charge in [-0.15, -0.1) is 0 Å². The molecule has 0 amide bonds. The lowest BCUT2D eigenvalue weighted by atomic mass is 9.68. The van der Waals surface area contributed by atoms with Crippen LogP contribution in [0.5, 0.6) is 0 Å². The van der Waals surface area contributed by atoms with Gasteiger partial charge >= 0.3 is 0 Å². The van der Waals surface area contributed by atoms with E-state index < -0.39 is 5.41 Å². The summed E-state index contributed by atoms with van der Waals surface area (Å²) in [6.45, 7) is 2.41. The van der Waals surface area contributed by atoms with Gasteiger partial charge in [-0.2, -0.15) is 0 Å². The number of nitrogens with zero attached hydrogens (tertiary/aromatic N) is 1. The summed E-state index contributed by atoms with van der Waals surface area (Å²) in [5.74, 6) is 0. The number of hydrogen-bond donors (Lipinski definition) is 0. The maximum absolute atomic E-state index is 2.52. The van der Waals surface area contributed by atoms with Crippen LogP contribution in [0.3, 0.4) is 0 Å². The van der Waals surface area contributed by atoms with Crippen LogP contribution in [0.4, 0.5) is 17.1 Å². The zero-order valence-corrected chi connectivity index (χ0v) is 37.9. The Labute approximate surface area is 398 Å². The smallest absolute Gasteiger partial charge is 0.0714 e. The predicted molar refractivity (Wildman–Crippen MR) is 284 cm³/mol. The molecule has 1 atom stereocenters. The summed E-state index contributed by atoms with van der Waals surface area (Å²) < 4.78 is 0. The molecule has 0 heterocycles. The lowest BCUT2D eigenvalue weighted by Gasteiger charge is -2.34. The highest BCUT2D eigenvalue weighted by molar-refractivity contribution is 5.99. The van der Waals surface area contributed by atoms with E-state index in [9.17, 15) is 0 Å². The van der Waals surface area contributed by atoms with E-state index in [1.807, 2.05) is 0 Å². The van der Waals surface area contributed by atoms with E-state index in [1.165, 1.54) is 94.2 Å². The number of fused-ring (bicyclic) bond motifs is 7. The van der Waals surface area contributed by atoms with Crippen LogP contribution in [0, 0.1) is 0 Å². The van der Waals surface area contributed by atoms with Crippen LogP contribution in [0.2, 0.25) is 0 Å². The van der Waals surface area contributed by atoms with E-state index >= 15 is 0 Å². The first-order valence-electron chi connectivity index (χ1n) is 23.8. The molecule has 68 heavy (non-hydrogen) atoms. The fourth-order valence-electron chi connectivity index (χ4n) is 11.9. The van der Waals surface area contributed by atoms with Crippen molar-refractivity contribution in [2.45, 2.75) is 17.8 Å². The van der Waals surface area contributed by atoms with Crippen LogP contribution in [0.15, 0.2) is 267 Å². The molecule has 2 aliphatic carbocycles. The van der Waals surface area contributed by atoms with Crippen LogP contribution in [-0.2, 0) is 10.8 Å². The molecule has 1 unspecified atom stereocenters. The number of benzene rings is 11. The second kappa shape index (κ2) is 15.8. The Morgan fingerprint density at radius 1 is 0.309 bits per heavy atom. The van der Waals surface area contributed by atoms with Crippen molar-refractivity contribution in [3.63, 3.8) is 0 Å². The highest BCUT2D eigenvalue weighted by Gasteiger charge is 2.47. The summed E-state index contributed by atoms with van der Waals surface area (Å²) in [4.78, 5) is 2.52. The monoisotopic (exact) mass is 865 g/mol. The van der Waals surface area contributed by atoms with Crippen molar-refractivity contribution >= 4 is 27.8 Å². The van der Waals surface area contributed by atoms with Gasteiger partial charge in [0.05, 0.1) is 11.1 Å². The molecule has 11 aromatic rings. The summed E-state index contributed by atoms with van der Waals surface area (Å²) in [7, 11) is 0. The average Bonchev–Trinajstić information content (AvgIpc) is 3.87. The van der Waals surface area contributed by atoms with E-state index in [0.29, 0.717) is 0 Å². The molecule has 1 nitrogen and oxygen atoms in total. The SMILES string of the molecule is CC1(c2ccccc2)c2ccccc2-c2ccc(N(c3ccc(-c4cccc(-c5cccc6ccccc56)c4)cc3)c3cccc4c3-c3ccccc3C4(c3ccccc3)c3ccccc3)cc21. The van der Waals surface area contributed by atoms with Crippen molar-refractivity contribution in [2.24, 2.45) is 0 Å². The van der Waals surface area contributed by atoms with E-state index in [1.54, 1.807) is 0 Å². The Kier molecular flexibility index (Phi) is 9.27. The van der Waals surface area contributed by atoms with Crippen molar-refractivity contribution < 1.29 is 0 Å². The summed E-state index contributed by atoms with van der Waals surface area (Å²) in [5, 5.41) is 2.51. The zero-order chi connectivity index (χ0) is 45.2. The molecule has 2 aliphatic rings. The van der Waals surface area contributed by atoms with Crippen molar-refractivity contribution in [2.75, 3.05) is 4.90 Å². The van der Waals surface area contributed by atoms with Gasteiger partial charge in [0.1, 0.15) is 0 Å². The minimum atomic E-state index is -0.527. The van der Waals surface area contributed by atoms with Crippen LogP contribution in [0.1, 0.15) is 45.9 Å². The Bertz CT molecular complexity index is 3640. The van der Waals surface area contributed by atoms with Crippen LogP contribution < -0.4 is 4.90 Å². The first-order chi connectivity index (χ1) is 33.6. The molecular formula is C67H47N. The lowest BCUT2D eigenvalue weighted by Crippen LogP contribution is -2.28. The number of rotatable bonds is 8. The Hall–Kier alpha value is -8.52. The molecular weight excluding hydrogens is 819 g/mol. The maximum atomic E-state index is 2.52. The first-order valence-corrected chi connectivity index (χ1v) is 23.8. The van der Waals surface area contributed by atoms with E-state index in [0.717, 1.165) is 17.1 Å². The van der Waals surface area contributed by atoms with E-state index in [-0.39, 0.29) is 5.41 Å². The normalized spacial score (nSPS) is 15.0. The second-order valence-corrected chi connectivity index (χ2v) is 18.5. The molecule has 0 radical (unpaired) electrons. The van der Waals surface area contributed by atoms with Crippen molar-refractivity contribution in [3.8, 4) is 44.5 Å². The number of anilines is 3. The summed E-state index contributed by atoms with van der Waals surface area (Å²) >= 11 is 0. The molecule has 0 bridgehead atoms. The molecule has 0 aromatic heterocycles. The van der Waals surface area contributed by atoms with Crippen LogP contribution in [-0.4, -0.2) is 0 Å². The largest absolute Gasteiger partial charge is 0.310 e. The molecule has 0 saturated heterocycles. The fraction of sp³-hybridized carbons (Fsp3) is 0.0448. The molecule has 13 rings (SSSR count). The van der Waals surface area contributed by atoms with Gasteiger partial charge in [-0.3, -0.25) is 0 Å². The third-order valence-corrected chi connectivity index (χ3v) is 15.0. The summed E-state index contributed by atoms with van der Waals surface area (Å²) in [6.07, 6.45) is 0. The van der Waals surface area contributed by atoms with Gasteiger partial charge < -0.3 is 4.90 Å². The third-order valence-electron chi connectivity index (χ3n) is 15.0. The fourth-order valence-corrected chi connectivity index (χ4v) is 11.9. The number of hydrogen-bond acceptors (Lipinski definition) is 1. The minimum Gasteiger partial charge on any atom is -0.310 e. The lowest BCUT2D eigenvalue weighted by molar-refractivity contribution is 0.714. The van der Waals surface area contributed by atoms with Gasteiger partial charge in [-0.25, -0.2) is 0 Å². The van der Waals surface area contributed by atoms with Crippen LogP contribution >= 0.6 is 0 Å². The van der Waals surface area contributed by atoms with Gasteiger partial charge in [0.25, 0.3) is 0 Å². The van der Waals surface area contributed by atoms with Crippen molar-refractivity contribution in [1.82, 2.24) is 0 Å². The Balaban J connectivity index is 1.03. The van der Waals surface area contributed by atoms with Crippen molar-refractivity contribution in [1.29, 1.82) is 0 Å². The molecule has 320 valence electrons. The van der Waals surface area contributed by atoms with Gasteiger partial charge in [0.15, 0.2) is 0 Å². The zero-order valence-electron chi connectivity index (χ0n) is 37.9. The standard InChI is InChI=1S/C67H47N/c1-66(50-24-5-2-6-25-50)60-34-15-13-31-57(60)58-43-42-54(45-63(58)66)68(53-40-38-46(39-41-53)48-22-17-23-49(44-48)56-33-18-21-47-20-11-12-30-55(47)56)64-37-19-36-62-65(64)59-32-14-16-35-61(59)67(62,51-26-7-3-8-27-51)52-28-9-4-10-29-52/h2-45H,1H3. The average molecular weight is 866 g/mol. The Morgan fingerprint density at radius 2 is 0.838 bits per heavy atom. The van der Waals surface area contributed by atoms with Gasteiger partial charge in [0.2, 0.25) is 0 Å². The first kappa shape index (κ1) is 39.8. The minimum absolute atomic E-state index is 0.352. The molecule has 1 heteroatoms.